The van der Waals surface area contributed by atoms with Gasteiger partial charge in [-0.15, -0.1) is 16.4 Å². The summed E-state index contributed by atoms with van der Waals surface area (Å²) in [6.07, 6.45) is 2.90. The SMILES string of the molecule is CC(C)(C)[C@H]1CCc2c(sc3nnn(Cc4c(F)cccc4Cl)c(=O)c23)C1. The van der Waals surface area contributed by atoms with Crippen molar-refractivity contribution < 1.29 is 4.39 Å². The summed E-state index contributed by atoms with van der Waals surface area (Å²) in [6.45, 7) is 6.77. The first-order valence-electron chi connectivity index (χ1n) is 9.06. The number of rotatable bonds is 2. The van der Waals surface area contributed by atoms with E-state index in [2.05, 4.69) is 31.1 Å². The zero-order valence-corrected chi connectivity index (χ0v) is 17.1. The number of aryl methyl sites for hydroxylation is 1. The highest BCUT2D eigenvalue weighted by Gasteiger charge is 2.32. The highest BCUT2D eigenvalue weighted by Crippen LogP contribution is 2.41. The fourth-order valence-corrected chi connectivity index (χ4v) is 5.26. The number of hydrogen-bond donors (Lipinski definition) is 0. The summed E-state index contributed by atoms with van der Waals surface area (Å²) in [5.74, 6) is 0.141. The fraction of sp³-hybridized carbons (Fsp3) is 0.450. The molecule has 3 aromatic rings. The molecule has 0 amide bonds. The third-order valence-electron chi connectivity index (χ3n) is 5.53. The van der Waals surface area contributed by atoms with Crippen LogP contribution < -0.4 is 5.56 Å². The molecule has 1 atom stereocenters. The smallest absolute Gasteiger partial charge is 0.267 e. The van der Waals surface area contributed by atoms with Crippen LogP contribution in [0, 0.1) is 17.2 Å². The Morgan fingerprint density at radius 2 is 2.15 bits per heavy atom. The van der Waals surface area contributed by atoms with Crippen LogP contribution in [0.15, 0.2) is 23.0 Å². The predicted molar refractivity (Wildman–Crippen MR) is 107 cm³/mol. The summed E-state index contributed by atoms with van der Waals surface area (Å²) in [5.41, 5.74) is 1.38. The monoisotopic (exact) mass is 405 g/mol. The van der Waals surface area contributed by atoms with Crippen LogP contribution in [0.4, 0.5) is 4.39 Å². The first-order valence-corrected chi connectivity index (χ1v) is 10.3. The minimum Gasteiger partial charge on any atom is -0.267 e. The van der Waals surface area contributed by atoms with Crippen LogP contribution >= 0.6 is 22.9 Å². The van der Waals surface area contributed by atoms with Crippen molar-refractivity contribution in [3.63, 3.8) is 0 Å². The molecule has 1 aliphatic carbocycles. The van der Waals surface area contributed by atoms with E-state index in [1.165, 1.54) is 15.6 Å². The van der Waals surface area contributed by atoms with E-state index in [0.717, 1.165) is 24.8 Å². The van der Waals surface area contributed by atoms with Gasteiger partial charge >= 0.3 is 0 Å². The van der Waals surface area contributed by atoms with Crippen molar-refractivity contribution in [2.45, 2.75) is 46.6 Å². The van der Waals surface area contributed by atoms with Gasteiger partial charge in [0.25, 0.3) is 5.56 Å². The van der Waals surface area contributed by atoms with Gasteiger partial charge in [0.1, 0.15) is 5.82 Å². The summed E-state index contributed by atoms with van der Waals surface area (Å²) in [4.78, 5) is 15.0. The average molecular weight is 406 g/mol. The summed E-state index contributed by atoms with van der Waals surface area (Å²) >= 11 is 7.67. The molecular weight excluding hydrogens is 385 g/mol. The van der Waals surface area contributed by atoms with Crippen molar-refractivity contribution in [2.24, 2.45) is 11.3 Å². The number of thiophene rings is 1. The molecule has 0 saturated heterocycles. The Balaban J connectivity index is 1.77. The first-order chi connectivity index (χ1) is 12.8. The van der Waals surface area contributed by atoms with E-state index in [1.54, 1.807) is 23.5 Å². The van der Waals surface area contributed by atoms with Crippen molar-refractivity contribution in [1.82, 2.24) is 15.0 Å². The van der Waals surface area contributed by atoms with Gasteiger partial charge in [-0.25, -0.2) is 9.07 Å². The lowest BCUT2D eigenvalue weighted by Crippen LogP contribution is -2.28. The van der Waals surface area contributed by atoms with Crippen molar-refractivity contribution in [2.75, 3.05) is 0 Å². The Bertz CT molecular complexity index is 1060. The Kier molecular flexibility index (Phi) is 4.59. The second-order valence-electron chi connectivity index (χ2n) is 8.24. The molecule has 142 valence electrons. The molecule has 0 spiro atoms. The van der Waals surface area contributed by atoms with E-state index in [0.29, 0.717) is 16.1 Å². The number of halogens is 2. The fourth-order valence-electron chi connectivity index (χ4n) is 3.80. The maximum atomic E-state index is 14.1. The maximum Gasteiger partial charge on any atom is 0.279 e. The van der Waals surface area contributed by atoms with Gasteiger partial charge < -0.3 is 0 Å². The van der Waals surface area contributed by atoms with Gasteiger partial charge in [-0.05, 0) is 48.3 Å². The van der Waals surface area contributed by atoms with Crippen LogP contribution in [0.25, 0.3) is 10.2 Å². The number of fused-ring (bicyclic) bond motifs is 3. The van der Waals surface area contributed by atoms with E-state index < -0.39 is 5.82 Å². The predicted octanol–water partition coefficient (Wildman–Crippen LogP) is 4.84. The van der Waals surface area contributed by atoms with Crippen LogP contribution in [0.2, 0.25) is 5.02 Å². The molecule has 0 unspecified atom stereocenters. The Morgan fingerprint density at radius 3 is 2.85 bits per heavy atom. The lowest BCUT2D eigenvalue weighted by Gasteiger charge is -2.33. The lowest BCUT2D eigenvalue weighted by atomic mass is 9.72. The van der Waals surface area contributed by atoms with Gasteiger partial charge in [0.05, 0.1) is 11.9 Å². The molecular formula is C20H21ClFN3OS. The number of aromatic nitrogens is 3. The molecule has 1 aromatic carbocycles. The van der Waals surface area contributed by atoms with Gasteiger partial charge in [0, 0.05) is 15.5 Å². The van der Waals surface area contributed by atoms with E-state index in [-0.39, 0.29) is 28.1 Å². The maximum absolute atomic E-state index is 14.1. The van der Waals surface area contributed by atoms with Crippen LogP contribution in [-0.2, 0) is 19.4 Å². The molecule has 2 heterocycles. The summed E-state index contributed by atoms with van der Waals surface area (Å²) in [5, 5.41) is 9.22. The number of hydrogen-bond acceptors (Lipinski definition) is 4. The van der Waals surface area contributed by atoms with Gasteiger partial charge in [0.2, 0.25) is 0 Å². The van der Waals surface area contributed by atoms with E-state index in [9.17, 15) is 9.18 Å². The molecule has 0 fully saturated rings. The van der Waals surface area contributed by atoms with Crippen LogP contribution in [-0.4, -0.2) is 15.0 Å². The van der Waals surface area contributed by atoms with Gasteiger partial charge in [-0.3, -0.25) is 4.79 Å². The molecule has 1 aliphatic rings. The van der Waals surface area contributed by atoms with Gasteiger partial charge in [-0.1, -0.05) is 43.7 Å². The second-order valence-corrected chi connectivity index (χ2v) is 9.73. The molecule has 7 heteroatoms. The van der Waals surface area contributed by atoms with Crippen LogP contribution in [0.5, 0.6) is 0 Å². The lowest BCUT2D eigenvalue weighted by molar-refractivity contribution is 0.218. The highest BCUT2D eigenvalue weighted by atomic mass is 35.5. The molecule has 27 heavy (non-hydrogen) atoms. The van der Waals surface area contributed by atoms with Gasteiger partial charge in [-0.2, -0.15) is 0 Å². The van der Waals surface area contributed by atoms with Crippen molar-refractivity contribution >= 4 is 33.2 Å². The summed E-state index contributed by atoms with van der Waals surface area (Å²) < 4.78 is 15.3. The van der Waals surface area contributed by atoms with Crippen molar-refractivity contribution in [3.8, 4) is 0 Å². The standard InChI is InChI=1S/C20H21ClFN3OS/c1-20(2,3)11-7-8-12-16(9-11)27-18-17(12)19(26)25(24-23-18)10-13-14(21)5-4-6-15(13)22/h4-6,11H,7-10H2,1-3H3/t11-/m0/s1. The third-order valence-corrected chi connectivity index (χ3v) is 7.03. The summed E-state index contributed by atoms with van der Waals surface area (Å²) in [7, 11) is 0. The summed E-state index contributed by atoms with van der Waals surface area (Å²) in [6, 6.07) is 4.48. The first kappa shape index (κ1) is 18.6. The van der Waals surface area contributed by atoms with Crippen LogP contribution in [0.1, 0.15) is 43.2 Å². The minimum atomic E-state index is -0.448. The molecule has 4 rings (SSSR count). The topological polar surface area (TPSA) is 47.8 Å². The highest BCUT2D eigenvalue weighted by molar-refractivity contribution is 7.18. The van der Waals surface area contributed by atoms with E-state index in [1.807, 2.05) is 0 Å². The third kappa shape index (κ3) is 3.29. The zero-order valence-electron chi connectivity index (χ0n) is 15.6. The molecule has 4 nitrogen and oxygen atoms in total. The molecule has 0 radical (unpaired) electrons. The second kappa shape index (κ2) is 6.67. The molecule has 0 saturated carbocycles. The molecule has 0 bridgehead atoms. The molecule has 2 aromatic heterocycles. The number of benzene rings is 1. The van der Waals surface area contributed by atoms with E-state index >= 15 is 0 Å². The van der Waals surface area contributed by atoms with Gasteiger partial charge in [0.15, 0.2) is 4.83 Å². The van der Waals surface area contributed by atoms with Crippen molar-refractivity contribution in [3.05, 3.63) is 55.4 Å². The number of nitrogens with zero attached hydrogens (tertiary/aromatic N) is 3. The Hall–Kier alpha value is -1.79. The average Bonchev–Trinajstić information content (AvgIpc) is 2.97. The van der Waals surface area contributed by atoms with Crippen LogP contribution in [0.3, 0.4) is 0 Å². The van der Waals surface area contributed by atoms with E-state index in [4.69, 9.17) is 11.6 Å². The zero-order chi connectivity index (χ0) is 19.3. The largest absolute Gasteiger partial charge is 0.279 e. The Morgan fingerprint density at radius 1 is 1.37 bits per heavy atom. The minimum absolute atomic E-state index is 0.0253. The normalized spacial score (nSPS) is 17.3. The quantitative estimate of drug-likeness (QED) is 0.612. The van der Waals surface area contributed by atoms with Crippen molar-refractivity contribution in [1.29, 1.82) is 0 Å². The Labute approximate surface area is 166 Å². The molecule has 0 N–H and O–H groups in total. The molecule has 0 aliphatic heterocycles.